The molecule has 0 saturated heterocycles. The molecule has 0 spiro atoms. The Bertz CT molecular complexity index is 240. The fourth-order valence-corrected chi connectivity index (χ4v) is 1.56. The highest BCUT2D eigenvalue weighted by Gasteiger charge is 2.09. The molecule has 0 aliphatic heterocycles. The van der Waals surface area contributed by atoms with Gasteiger partial charge in [0.15, 0.2) is 0 Å². The van der Waals surface area contributed by atoms with Crippen LogP contribution in [0, 0.1) is 11.5 Å². The summed E-state index contributed by atoms with van der Waals surface area (Å²) < 4.78 is 25.4. The van der Waals surface area contributed by atoms with Gasteiger partial charge in [0, 0.05) is 0 Å². The molecule has 0 atom stereocenters. The summed E-state index contributed by atoms with van der Waals surface area (Å²) >= 11 is 0. The first-order chi connectivity index (χ1) is 5.62. The second-order valence-corrected chi connectivity index (χ2v) is 4.19. The third-order valence-electron chi connectivity index (χ3n) is 1.41. The van der Waals surface area contributed by atoms with E-state index in [1.165, 1.54) is 0 Å². The number of hydrogen-bond acceptors (Lipinski definition) is 4. The minimum atomic E-state index is -3.57. The predicted octanol–water partition coefficient (Wildman–Crippen LogP) is 1.39. The Morgan fingerprint density at radius 1 is 1.33 bits per heavy atom. The summed E-state index contributed by atoms with van der Waals surface area (Å²) in [6, 6.07) is 0. The molecule has 70 valence electrons. The van der Waals surface area contributed by atoms with Crippen molar-refractivity contribution in [2.75, 3.05) is 5.75 Å². The van der Waals surface area contributed by atoms with Crippen molar-refractivity contribution in [3.63, 3.8) is 0 Å². The summed E-state index contributed by atoms with van der Waals surface area (Å²) in [5.41, 5.74) is 0. The van der Waals surface area contributed by atoms with Crippen molar-refractivity contribution in [1.82, 2.24) is 0 Å². The topological polar surface area (TPSA) is 67.2 Å². The maximum Gasteiger partial charge on any atom is 0.318 e. The van der Waals surface area contributed by atoms with Gasteiger partial charge in [-0.05, 0) is 6.42 Å². The summed E-state index contributed by atoms with van der Waals surface area (Å²) in [5.74, 6) is -0.0550. The van der Waals surface area contributed by atoms with E-state index in [-0.39, 0.29) is 5.75 Å². The molecule has 0 aromatic heterocycles. The van der Waals surface area contributed by atoms with Crippen molar-refractivity contribution >= 4 is 10.1 Å². The van der Waals surface area contributed by atoms with Crippen LogP contribution in [0.3, 0.4) is 0 Å². The van der Waals surface area contributed by atoms with Crippen molar-refractivity contribution in [2.45, 2.75) is 32.6 Å². The molecule has 0 aromatic rings. The van der Waals surface area contributed by atoms with Crippen LogP contribution in [0.15, 0.2) is 0 Å². The highest BCUT2D eigenvalue weighted by molar-refractivity contribution is 7.86. The van der Waals surface area contributed by atoms with Gasteiger partial charge in [-0.25, -0.2) is 0 Å². The van der Waals surface area contributed by atoms with E-state index in [1.54, 1.807) is 0 Å². The van der Waals surface area contributed by atoms with Gasteiger partial charge < -0.3 is 4.18 Å². The molecule has 12 heavy (non-hydrogen) atoms. The quantitative estimate of drug-likeness (QED) is 0.361. The van der Waals surface area contributed by atoms with Crippen LogP contribution in [-0.2, 0) is 14.3 Å². The lowest BCUT2D eigenvalue weighted by atomic mass is 10.2. The predicted molar refractivity (Wildman–Crippen MR) is 44.6 cm³/mol. The fraction of sp³-hybridized carbons (Fsp3) is 0.857. The number of rotatable bonds is 6. The summed E-state index contributed by atoms with van der Waals surface area (Å²) in [6.45, 7) is 2.04. The summed E-state index contributed by atoms with van der Waals surface area (Å²) in [7, 11) is -3.57. The van der Waals surface area contributed by atoms with E-state index in [2.05, 4.69) is 4.18 Å². The van der Waals surface area contributed by atoms with Crippen molar-refractivity contribution in [2.24, 2.45) is 0 Å². The smallest absolute Gasteiger partial charge is 0.302 e. The lowest BCUT2D eigenvalue weighted by molar-refractivity contribution is 0.456. The molecule has 0 aliphatic carbocycles. The Labute approximate surface area is 73.3 Å². The maximum atomic E-state index is 10.7. The SMILES string of the molecule is CCCCCCS(=O)(=O)OC#N. The maximum absolute atomic E-state index is 10.7. The summed E-state index contributed by atoms with van der Waals surface area (Å²) in [4.78, 5) is 0. The second kappa shape index (κ2) is 5.84. The minimum absolute atomic E-state index is 0.0550. The Hall–Kier alpha value is -0.760. The summed E-state index contributed by atoms with van der Waals surface area (Å²) in [6.07, 6.45) is 4.66. The molecule has 0 N–H and O–H groups in total. The molecule has 0 unspecified atom stereocenters. The Morgan fingerprint density at radius 3 is 2.50 bits per heavy atom. The first kappa shape index (κ1) is 11.2. The Morgan fingerprint density at radius 2 is 2.00 bits per heavy atom. The first-order valence-corrected chi connectivity index (χ1v) is 5.50. The van der Waals surface area contributed by atoms with Crippen LogP contribution < -0.4 is 0 Å². The number of nitrogens with zero attached hydrogens (tertiary/aromatic N) is 1. The zero-order valence-electron chi connectivity index (χ0n) is 7.12. The molecule has 0 heterocycles. The lowest BCUT2D eigenvalue weighted by Crippen LogP contribution is -2.07. The number of unbranched alkanes of at least 4 members (excludes halogenated alkanes) is 3. The zero-order chi connectivity index (χ0) is 9.45. The van der Waals surface area contributed by atoms with Crippen LogP contribution in [0.4, 0.5) is 0 Å². The highest BCUT2D eigenvalue weighted by atomic mass is 32.2. The van der Waals surface area contributed by atoms with Gasteiger partial charge in [0.2, 0.25) is 0 Å². The third-order valence-corrected chi connectivity index (χ3v) is 2.53. The number of nitriles is 1. The van der Waals surface area contributed by atoms with Gasteiger partial charge in [-0.1, -0.05) is 26.2 Å². The molecule has 0 rings (SSSR count). The molecule has 0 bridgehead atoms. The van der Waals surface area contributed by atoms with Gasteiger partial charge >= 0.3 is 16.4 Å². The van der Waals surface area contributed by atoms with Gasteiger partial charge in [0.1, 0.15) is 0 Å². The molecular weight excluding hydrogens is 178 g/mol. The average Bonchev–Trinajstić information content (AvgIpc) is 1.98. The summed E-state index contributed by atoms with van der Waals surface area (Å²) in [5, 5.41) is 7.95. The van der Waals surface area contributed by atoms with E-state index < -0.39 is 10.1 Å². The molecule has 0 amide bonds. The molecule has 0 fully saturated rings. The van der Waals surface area contributed by atoms with Crippen molar-refractivity contribution in [3.8, 4) is 6.26 Å². The van der Waals surface area contributed by atoms with Gasteiger partial charge in [-0.3, -0.25) is 0 Å². The highest BCUT2D eigenvalue weighted by Crippen LogP contribution is 2.02. The minimum Gasteiger partial charge on any atom is -0.302 e. The van der Waals surface area contributed by atoms with Crippen LogP contribution in [0.25, 0.3) is 0 Å². The Kier molecular flexibility index (Phi) is 5.47. The standard InChI is InChI=1S/C7H13NO3S/c1-2-3-4-5-6-12(9,10)11-7-8/h2-6H2,1H3. The van der Waals surface area contributed by atoms with Gasteiger partial charge in [0.25, 0.3) is 0 Å². The van der Waals surface area contributed by atoms with Crippen molar-refractivity contribution in [3.05, 3.63) is 0 Å². The Balaban J connectivity index is 3.57. The van der Waals surface area contributed by atoms with E-state index in [1.807, 2.05) is 6.92 Å². The van der Waals surface area contributed by atoms with Crippen LogP contribution in [0.1, 0.15) is 32.6 Å². The van der Waals surface area contributed by atoms with Crippen LogP contribution in [-0.4, -0.2) is 14.2 Å². The lowest BCUT2D eigenvalue weighted by Gasteiger charge is -1.98. The van der Waals surface area contributed by atoms with E-state index in [0.717, 1.165) is 25.5 Å². The second-order valence-electron chi connectivity index (χ2n) is 2.50. The number of hydrogen-bond donors (Lipinski definition) is 0. The van der Waals surface area contributed by atoms with Gasteiger partial charge in [-0.15, -0.1) is 5.26 Å². The molecule has 4 nitrogen and oxygen atoms in total. The van der Waals surface area contributed by atoms with Crippen LogP contribution >= 0.6 is 0 Å². The van der Waals surface area contributed by atoms with E-state index in [4.69, 9.17) is 5.26 Å². The largest absolute Gasteiger partial charge is 0.318 e. The molecule has 0 saturated carbocycles. The van der Waals surface area contributed by atoms with E-state index in [9.17, 15) is 8.42 Å². The average molecular weight is 191 g/mol. The first-order valence-electron chi connectivity index (χ1n) is 3.92. The normalized spacial score (nSPS) is 10.7. The van der Waals surface area contributed by atoms with Crippen LogP contribution in [0.2, 0.25) is 0 Å². The van der Waals surface area contributed by atoms with E-state index >= 15 is 0 Å². The van der Waals surface area contributed by atoms with E-state index in [0.29, 0.717) is 6.42 Å². The fourth-order valence-electron chi connectivity index (χ4n) is 0.804. The van der Waals surface area contributed by atoms with Crippen molar-refractivity contribution < 1.29 is 12.6 Å². The zero-order valence-corrected chi connectivity index (χ0v) is 7.93. The van der Waals surface area contributed by atoms with Gasteiger partial charge in [0.05, 0.1) is 5.75 Å². The van der Waals surface area contributed by atoms with Crippen molar-refractivity contribution in [1.29, 1.82) is 5.26 Å². The molecular formula is C7H13NO3S. The third kappa shape index (κ3) is 5.98. The van der Waals surface area contributed by atoms with Crippen LogP contribution in [0.5, 0.6) is 0 Å². The molecule has 0 aliphatic rings. The van der Waals surface area contributed by atoms with Gasteiger partial charge in [-0.2, -0.15) is 8.42 Å². The monoisotopic (exact) mass is 191 g/mol. The molecule has 0 aromatic carbocycles. The molecule has 0 radical (unpaired) electrons. The molecule has 5 heteroatoms.